The molecule has 1 N–H and O–H groups in total. The van der Waals surface area contributed by atoms with E-state index in [9.17, 15) is 25.0 Å². The summed E-state index contributed by atoms with van der Waals surface area (Å²) in [5.41, 5.74) is 0.229. The maximum Gasteiger partial charge on any atom is 0.276 e. The number of non-ortho nitro benzene ring substituents is 2. The Bertz CT molecular complexity index is 1080. The summed E-state index contributed by atoms with van der Waals surface area (Å²) in [6.07, 6.45) is 1.50. The molecule has 0 aliphatic rings. The number of carbonyl (C=O) groups is 1. The van der Waals surface area contributed by atoms with Gasteiger partial charge in [0.05, 0.1) is 14.9 Å². The number of rotatable bonds is 7. The van der Waals surface area contributed by atoms with Gasteiger partial charge in [-0.2, -0.15) is 5.10 Å². The van der Waals surface area contributed by atoms with Gasteiger partial charge in [0.2, 0.25) is 0 Å². The van der Waals surface area contributed by atoms with E-state index < -0.39 is 15.8 Å². The Hall–Kier alpha value is -3.99. The minimum absolute atomic E-state index is 0.0718. The first-order chi connectivity index (χ1) is 13.8. The monoisotopic (exact) mass is 417 g/mol. The van der Waals surface area contributed by atoms with Crippen molar-refractivity contribution in [1.29, 1.82) is 0 Å². The fourth-order valence-electron chi connectivity index (χ4n) is 2.27. The second-order valence-electron chi connectivity index (χ2n) is 5.64. The first-order valence-electron chi connectivity index (χ1n) is 7.99. The predicted molar refractivity (Wildman–Crippen MR) is 102 cm³/mol. The molecule has 0 aliphatic heterocycles. The molecule has 1 heterocycles. The molecule has 0 aliphatic carbocycles. The van der Waals surface area contributed by atoms with Crippen LogP contribution in [0, 0.1) is 20.2 Å². The lowest BCUT2D eigenvalue weighted by Crippen LogP contribution is -2.14. The van der Waals surface area contributed by atoms with Crippen molar-refractivity contribution in [2.45, 2.75) is 6.73 Å². The molecule has 12 heteroatoms. The van der Waals surface area contributed by atoms with E-state index in [1.54, 1.807) is 0 Å². The van der Waals surface area contributed by atoms with Crippen LogP contribution in [0.15, 0.2) is 54.7 Å². The number of benzene rings is 2. The van der Waals surface area contributed by atoms with Crippen molar-refractivity contribution in [3.63, 3.8) is 0 Å². The van der Waals surface area contributed by atoms with Crippen LogP contribution in [0.4, 0.5) is 17.1 Å². The molecule has 148 valence electrons. The fraction of sp³-hybridized carbons (Fsp3) is 0.0588. The van der Waals surface area contributed by atoms with Crippen LogP contribution in [0.2, 0.25) is 5.02 Å². The van der Waals surface area contributed by atoms with E-state index in [0.29, 0.717) is 5.69 Å². The molecule has 1 amide bonds. The third kappa shape index (κ3) is 4.84. The number of hydrogen-bond acceptors (Lipinski definition) is 7. The average Bonchev–Trinajstić information content (AvgIpc) is 3.16. The first-order valence-corrected chi connectivity index (χ1v) is 8.37. The van der Waals surface area contributed by atoms with E-state index in [2.05, 4.69) is 10.4 Å². The van der Waals surface area contributed by atoms with Gasteiger partial charge in [0.15, 0.2) is 12.4 Å². The molecule has 0 radical (unpaired) electrons. The number of aromatic nitrogens is 2. The third-order valence-corrected chi connectivity index (χ3v) is 3.98. The van der Waals surface area contributed by atoms with Crippen LogP contribution in [-0.2, 0) is 6.73 Å². The lowest BCUT2D eigenvalue weighted by molar-refractivity contribution is -0.385. The van der Waals surface area contributed by atoms with E-state index in [1.165, 1.54) is 59.4 Å². The molecule has 11 nitrogen and oxygen atoms in total. The van der Waals surface area contributed by atoms with Gasteiger partial charge in [-0.25, -0.2) is 4.68 Å². The van der Waals surface area contributed by atoms with E-state index in [4.69, 9.17) is 16.3 Å². The molecule has 0 saturated heterocycles. The van der Waals surface area contributed by atoms with Crippen molar-refractivity contribution >= 4 is 34.6 Å². The quantitative estimate of drug-likeness (QED) is 0.456. The maximum absolute atomic E-state index is 12.2. The molecule has 0 spiro atoms. The van der Waals surface area contributed by atoms with Crippen molar-refractivity contribution in [1.82, 2.24) is 9.78 Å². The average molecular weight is 418 g/mol. The standard InChI is InChI=1S/C17H12ClN5O6/c18-14-9-13(23(27)28)5-6-16(14)29-10-21-8-7-15(20-21)17(24)19-11-1-3-12(4-2-11)22(25)26/h1-9H,10H2,(H,19,24). The minimum atomic E-state index is -0.570. The topological polar surface area (TPSA) is 142 Å². The zero-order valence-corrected chi connectivity index (χ0v) is 15.3. The molecule has 3 aromatic rings. The normalized spacial score (nSPS) is 10.4. The second-order valence-corrected chi connectivity index (χ2v) is 6.05. The number of nitro groups is 2. The highest BCUT2D eigenvalue weighted by Gasteiger charge is 2.13. The summed E-state index contributed by atoms with van der Waals surface area (Å²) in [6, 6.07) is 10.6. The lowest BCUT2D eigenvalue weighted by atomic mass is 10.3. The maximum atomic E-state index is 12.2. The number of anilines is 1. The highest BCUT2D eigenvalue weighted by Crippen LogP contribution is 2.28. The number of carbonyl (C=O) groups excluding carboxylic acids is 1. The Labute approximate surface area is 167 Å². The van der Waals surface area contributed by atoms with Crippen molar-refractivity contribution in [2.75, 3.05) is 5.32 Å². The predicted octanol–water partition coefficient (Wildman–Crippen LogP) is 3.64. The molecule has 0 saturated carbocycles. The van der Waals surface area contributed by atoms with Crippen molar-refractivity contribution in [3.8, 4) is 5.75 Å². The number of nitrogens with zero attached hydrogens (tertiary/aromatic N) is 4. The van der Waals surface area contributed by atoms with Crippen LogP contribution in [0.25, 0.3) is 0 Å². The van der Waals surface area contributed by atoms with Gasteiger partial charge in [-0.1, -0.05) is 11.6 Å². The first kappa shape index (κ1) is 19.8. The Morgan fingerprint density at radius 2 is 1.72 bits per heavy atom. The van der Waals surface area contributed by atoms with Crippen LogP contribution < -0.4 is 10.1 Å². The van der Waals surface area contributed by atoms with Crippen LogP contribution in [0.5, 0.6) is 5.75 Å². The van der Waals surface area contributed by atoms with Gasteiger partial charge in [0.1, 0.15) is 5.75 Å². The molecule has 0 fully saturated rings. The number of ether oxygens (including phenoxy) is 1. The van der Waals surface area contributed by atoms with Crippen LogP contribution in [-0.4, -0.2) is 25.5 Å². The summed E-state index contributed by atoms with van der Waals surface area (Å²) >= 11 is 5.95. The van der Waals surface area contributed by atoms with E-state index in [0.717, 1.165) is 0 Å². The zero-order valence-electron chi connectivity index (χ0n) is 14.5. The van der Waals surface area contributed by atoms with Gasteiger partial charge < -0.3 is 10.1 Å². The van der Waals surface area contributed by atoms with Gasteiger partial charge in [-0.05, 0) is 24.3 Å². The number of nitrogens with one attached hydrogen (secondary N) is 1. The third-order valence-electron chi connectivity index (χ3n) is 3.69. The molecule has 29 heavy (non-hydrogen) atoms. The summed E-state index contributed by atoms with van der Waals surface area (Å²) in [4.78, 5) is 32.5. The molecule has 3 rings (SSSR count). The smallest absolute Gasteiger partial charge is 0.276 e. The number of hydrogen-bond donors (Lipinski definition) is 1. The summed E-state index contributed by atoms with van der Waals surface area (Å²) in [7, 11) is 0. The van der Waals surface area contributed by atoms with Gasteiger partial charge in [-0.15, -0.1) is 0 Å². The highest BCUT2D eigenvalue weighted by molar-refractivity contribution is 6.32. The van der Waals surface area contributed by atoms with E-state index in [-0.39, 0.29) is 34.6 Å². The van der Waals surface area contributed by atoms with Gasteiger partial charge in [0, 0.05) is 36.1 Å². The molecule has 2 aromatic carbocycles. The van der Waals surface area contributed by atoms with Crippen LogP contribution in [0.1, 0.15) is 10.5 Å². The summed E-state index contributed by atoms with van der Waals surface area (Å²) in [5, 5.41) is 28.1. The molecule has 1 aromatic heterocycles. The van der Waals surface area contributed by atoms with Gasteiger partial charge in [0.25, 0.3) is 17.3 Å². The minimum Gasteiger partial charge on any atom is -0.470 e. The number of amides is 1. The van der Waals surface area contributed by atoms with Gasteiger partial charge in [-0.3, -0.25) is 25.0 Å². The second kappa shape index (κ2) is 8.35. The molecule has 0 bridgehead atoms. The van der Waals surface area contributed by atoms with Crippen molar-refractivity contribution in [3.05, 3.63) is 85.7 Å². The van der Waals surface area contributed by atoms with Crippen LogP contribution >= 0.6 is 11.6 Å². The zero-order chi connectivity index (χ0) is 21.0. The Morgan fingerprint density at radius 1 is 1.07 bits per heavy atom. The van der Waals surface area contributed by atoms with Gasteiger partial charge >= 0.3 is 0 Å². The lowest BCUT2D eigenvalue weighted by Gasteiger charge is -2.07. The molecule has 0 atom stereocenters. The molecular formula is C17H12ClN5O6. The summed E-state index contributed by atoms with van der Waals surface area (Å²) < 4.78 is 6.79. The number of nitro benzene ring substituents is 2. The summed E-state index contributed by atoms with van der Waals surface area (Å²) in [6.45, 7) is -0.0810. The molecule has 0 unspecified atom stereocenters. The largest absolute Gasteiger partial charge is 0.470 e. The Balaban J connectivity index is 1.61. The van der Waals surface area contributed by atoms with Crippen LogP contribution in [0.3, 0.4) is 0 Å². The van der Waals surface area contributed by atoms with E-state index >= 15 is 0 Å². The van der Waals surface area contributed by atoms with Crippen molar-refractivity contribution in [2.24, 2.45) is 0 Å². The fourth-order valence-corrected chi connectivity index (χ4v) is 2.50. The molecular weight excluding hydrogens is 406 g/mol. The Kier molecular flexibility index (Phi) is 5.69. The highest BCUT2D eigenvalue weighted by atomic mass is 35.5. The summed E-state index contributed by atoms with van der Waals surface area (Å²) in [5.74, 6) is -0.282. The van der Waals surface area contributed by atoms with Crippen molar-refractivity contribution < 1.29 is 19.4 Å². The van der Waals surface area contributed by atoms with E-state index in [1.807, 2.05) is 0 Å². The Morgan fingerprint density at radius 3 is 2.34 bits per heavy atom. The SMILES string of the molecule is O=C(Nc1ccc([N+](=O)[O-])cc1)c1ccn(COc2ccc([N+](=O)[O-])cc2Cl)n1. The number of halogens is 1.